The Labute approximate surface area is 99.9 Å². The zero-order chi connectivity index (χ0) is 12.3. The number of amides is 1. The lowest BCUT2D eigenvalue weighted by molar-refractivity contribution is 0.0922. The Morgan fingerprint density at radius 2 is 2.24 bits per heavy atom. The first-order valence-corrected chi connectivity index (χ1v) is 5.76. The third-order valence-electron chi connectivity index (χ3n) is 3.11. The van der Waals surface area contributed by atoms with E-state index in [1.54, 1.807) is 6.07 Å². The highest BCUT2D eigenvalue weighted by Crippen LogP contribution is 2.16. The molecule has 1 aromatic rings. The summed E-state index contributed by atoms with van der Waals surface area (Å²) in [7, 11) is 0. The van der Waals surface area contributed by atoms with E-state index in [4.69, 9.17) is 16.0 Å². The minimum Gasteiger partial charge on any atom is -0.459 e. The van der Waals surface area contributed by atoms with Crippen molar-refractivity contribution in [2.24, 2.45) is 11.6 Å². The highest BCUT2D eigenvalue weighted by atomic mass is 16.3. The number of hydrogen-bond acceptors (Lipinski definition) is 5. The summed E-state index contributed by atoms with van der Waals surface area (Å²) in [5.41, 5.74) is 8.79. The standard InChI is InChI=1S/C11H18N4O2/c12-9-1-4-15(5-2-9)7-8-3-6-17-10(8)11(16)14-13/h3,6,9H,1-2,4-5,7,12-13H2,(H,14,16). The summed E-state index contributed by atoms with van der Waals surface area (Å²) in [6.07, 6.45) is 3.50. The summed E-state index contributed by atoms with van der Waals surface area (Å²) < 4.78 is 5.14. The predicted molar refractivity (Wildman–Crippen MR) is 62.8 cm³/mol. The van der Waals surface area contributed by atoms with E-state index >= 15 is 0 Å². The molecule has 0 atom stereocenters. The third kappa shape index (κ3) is 2.85. The van der Waals surface area contributed by atoms with Gasteiger partial charge in [-0.05, 0) is 32.0 Å². The molecule has 1 fully saturated rings. The molecule has 1 amide bonds. The Bertz CT molecular complexity index is 383. The molecule has 2 heterocycles. The maximum Gasteiger partial charge on any atom is 0.301 e. The average molecular weight is 238 g/mol. The van der Waals surface area contributed by atoms with Crippen LogP contribution in [0.4, 0.5) is 0 Å². The minimum atomic E-state index is -0.390. The van der Waals surface area contributed by atoms with Gasteiger partial charge in [0.2, 0.25) is 0 Å². The normalized spacial score (nSPS) is 18.2. The van der Waals surface area contributed by atoms with Crippen LogP contribution in [0, 0.1) is 0 Å². The molecular weight excluding hydrogens is 220 g/mol. The largest absolute Gasteiger partial charge is 0.459 e. The molecule has 1 aliphatic rings. The number of nitrogen functional groups attached to an aromatic ring is 1. The summed E-state index contributed by atoms with van der Waals surface area (Å²) in [5.74, 6) is 5.00. The summed E-state index contributed by atoms with van der Waals surface area (Å²) in [6, 6.07) is 2.11. The molecule has 6 heteroatoms. The molecule has 0 aromatic carbocycles. The molecule has 0 bridgehead atoms. The molecule has 1 saturated heterocycles. The second-order valence-corrected chi connectivity index (χ2v) is 4.36. The number of piperidine rings is 1. The van der Waals surface area contributed by atoms with Crippen LogP contribution in [0.25, 0.3) is 0 Å². The Balaban J connectivity index is 1.99. The number of hydrogen-bond donors (Lipinski definition) is 3. The van der Waals surface area contributed by atoms with Gasteiger partial charge < -0.3 is 10.2 Å². The van der Waals surface area contributed by atoms with Gasteiger partial charge in [0.25, 0.3) is 0 Å². The zero-order valence-electron chi connectivity index (χ0n) is 9.69. The quantitative estimate of drug-likeness (QED) is 0.385. The smallest absolute Gasteiger partial charge is 0.301 e. The lowest BCUT2D eigenvalue weighted by Gasteiger charge is -2.29. The second kappa shape index (κ2) is 5.31. The van der Waals surface area contributed by atoms with Crippen LogP contribution in [0.1, 0.15) is 29.0 Å². The van der Waals surface area contributed by atoms with Crippen molar-refractivity contribution in [3.8, 4) is 0 Å². The van der Waals surface area contributed by atoms with E-state index in [0.717, 1.165) is 31.5 Å². The van der Waals surface area contributed by atoms with E-state index in [9.17, 15) is 4.79 Å². The first-order valence-electron chi connectivity index (χ1n) is 5.76. The molecule has 1 aromatic heterocycles. The molecule has 0 spiro atoms. The minimum absolute atomic E-state index is 0.294. The fraction of sp³-hybridized carbons (Fsp3) is 0.545. The van der Waals surface area contributed by atoms with Gasteiger partial charge in [-0.1, -0.05) is 0 Å². The highest BCUT2D eigenvalue weighted by Gasteiger charge is 2.20. The zero-order valence-corrected chi connectivity index (χ0v) is 9.69. The number of carbonyl (C=O) groups excluding carboxylic acids is 1. The van der Waals surface area contributed by atoms with E-state index in [0.29, 0.717) is 18.3 Å². The second-order valence-electron chi connectivity index (χ2n) is 4.36. The van der Waals surface area contributed by atoms with Crippen LogP contribution in [-0.4, -0.2) is 29.9 Å². The Kier molecular flexibility index (Phi) is 3.78. The van der Waals surface area contributed by atoms with Crippen molar-refractivity contribution in [1.82, 2.24) is 10.3 Å². The van der Waals surface area contributed by atoms with E-state index in [2.05, 4.69) is 10.3 Å². The molecule has 6 nitrogen and oxygen atoms in total. The summed E-state index contributed by atoms with van der Waals surface area (Å²) in [6.45, 7) is 2.61. The van der Waals surface area contributed by atoms with Gasteiger partial charge in [-0.3, -0.25) is 15.1 Å². The monoisotopic (exact) mass is 238 g/mol. The summed E-state index contributed by atoms with van der Waals surface area (Å²) in [4.78, 5) is 13.7. The average Bonchev–Trinajstić information content (AvgIpc) is 2.79. The van der Waals surface area contributed by atoms with Gasteiger partial charge >= 0.3 is 5.91 Å². The Morgan fingerprint density at radius 1 is 1.53 bits per heavy atom. The van der Waals surface area contributed by atoms with Crippen LogP contribution < -0.4 is 17.0 Å². The fourth-order valence-corrected chi connectivity index (χ4v) is 2.08. The van der Waals surface area contributed by atoms with Gasteiger partial charge in [-0.25, -0.2) is 5.84 Å². The van der Waals surface area contributed by atoms with E-state index in [1.165, 1.54) is 6.26 Å². The van der Waals surface area contributed by atoms with Gasteiger partial charge in [-0.15, -0.1) is 0 Å². The first-order chi connectivity index (χ1) is 8.20. The van der Waals surface area contributed by atoms with Crippen molar-refractivity contribution in [3.63, 3.8) is 0 Å². The number of carbonyl (C=O) groups is 1. The topological polar surface area (TPSA) is 97.5 Å². The van der Waals surface area contributed by atoms with Crippen LogP contribution in [-0.2, 0) is 6.54 Å². The van der Waals surface area contributed by atoms with Gasteiger partial charge in [0.05, 0.1) is 6.26 Å². The van der Waals surface area contributed by atoms with Crippen molar-refractivity contribution in [1.29, 1.82) is 0 Å². The summed E-state index contributed by atoms with van der Waals surface area (Å²) in [5, 5.41) is 0. The number of rotatable bonds is 3. The van der Waals surface area contributed by atoms with Crippen molar-refractivity contribution in [3.05, 3.63) is 23.7 Å². The predicted octanol–water partition coefficient (Wildman–Crippen LogP) is -0.194. The molecule has 94 valence electrons. The van der Waals surface area contributed by atoms with E-state index in [-0.39, 0.29) is 0 Å². The van der Waals surface area contributed by atoms with Crippen LogP contribution >= 0.6 is 0 Å². The van der Waals surface area contributed by atoms with Gasteiger partial charge in [0.15, 0.2) is 5.76 Å². The molecule has 0 aliphatic carbocycles. The third-order valence-corrected chi connectivity index (χ3v) is 3.11. The number of nitrogens with one attached hydrogen (secondary N) is 1. The number of nitrogens with two attached hydrogens (primary N) is 2. The van der Waals surface area contributed by atoms with Gasteiger partial charge in [-0.2, -0.15) is 0 Å². The van der Waals surface area contributed by atoms with Gasteiger partial charge in [0.1, 0.15) is 0 Å². The molecule has 17 heavy (non-hydrogen) atoms. The number of furan rings is 1. The lowest BCUT2D eigenvalue weighted by Crippen LogP contribution is -2.39. The van der Waals surface area contributed by atoms with Crippen LogP contribution in [0.3, 0.4) is 0 Å². The number of hydrazine groups is 1. The molecule has 5 N–H and O–H groups in total. The molecule has 1 aliphatic heterocycles. The molecule has 0 radical (unpaired) electrons. The SMILES string of the molecule is NNC(=O)c1occc1CN1CCC(N)CC1. The Morgan fingerprint density at radius 3 is 2.88 bits per heavy atom. The molecular formula is C11H18N4O2. The number of nitrogens with zero attached hydrogens (tertiary/aromatic N) is 1. The maximum absolute atomic E-state index is 11.4. The molecule has 2 rings (SSSR count). The van der Waals surface area contributed by atoms with Crippen LogP contribution in [0.2, 0.25) is 0 Å². The highest BCUT2D eigenvalue weighted by molar-refractivity contribution is 5.92. The van der Waals surface area contributed by atoms with Crippen molar-refractivity contribution >= 4 is 5.91 Å². The van der Waals surface area contributed by atoms with E-state index < -0.39 is 5.91 Å². The lowest BCUT2D eigenvalue weighted by atomic mass is 10.1. The maximum atomic E-state index is 11.4. The molecule has 0 saturated carbocycles. The van der Waals surface area contributed by atoms with Crippen molar-refractivity contribution < 1.29 is 9.21 Å². The van der Waals surface area contributed by atoms with Crippen LogP contribution in [0.15, 0.2) is 16.7 Å². The Hall–Kier alpha value is -1.37. The van der Waals surface area contributed by atoms with Crippen LogP contribution in [0.5, 0.6) is 0 Å². The van der Waals surface area contributed by atoms with Crippen molar-refractivity contribution in [2.75, 3.05) is 13.1 Å². The number of likely N-dealkylation sites (tertiary alicyclic amines) is 1. The van der Waals surface area contributed by atoms with E-state index in [1.807, 2.05) is 0 Å². The first kappa shape index (κ1) is 12.1. The fourth-order valence-electron chi connectivity index (χ4n) is 2.08. The van der Waals surface area contributed by atoms with Gasteiger partial charge in [0, 0.05) is 18.2 Å². The molecule has 0 unspecified atom stereocenters. The van der Waals surface area contributed by atoms with Crippen molar-refractivity contribution in [2.45, 2.75) is 25.4 Å². The summed E-state index contributed by atoms with van der Waals surface area (Å²) >= 11 is 0.